The lowest BCUT2D eigenvalue weighted by Crippen LogP contribution is -2.29. The Bertz CT molecular complexity index is 1010. The number of rotatable bonds is 9. The van der Waals surface area contributed by atoms with Gasteiger partial charge in [0.05, 0.1) is 35.6 Å². The Labute approximate surface area is 186 Å². The van der Waals surface area contributed by atoms with Gasteiger partial charge < -0.3 is 10.1 Å². The third-order valence-corrected chi connectivity index (χ3v) is 6.23. The van der Waals surface area contributed by atoms with Crippen molar-refractivity contribution in [1.29, 1.82) is 0 Å². The number of benzene rings is 2. The number of anilines is 1. The highest BCUT2D eigenvalue weighted by Crippen LogP contribution is 2.29. The molecule has 0 fully saturated rings. The number of hydrogen-bond donors (Lipinski definition) is 1. The summed E-state index contributed by atoms with van der Waals surface area (Å²) in [7, 11) is -2.31. The summed E-state index contributed by atoms with van der Waals surface area (Å²) in [5.41, 5.74) is 1.31. The molecule has 0 saturated carbocycles. The molecule has 0 radical (unpaired) electrons. The molecule has 0 saturated heterocycles. The molecule has 7 nitrogen and oxygen atoms in total. The molecule has 162 valence electrons. The maximum Gasteiger partial charge on any atom is 0.305 e. The van der Waals surface area contributed by atoms with Crippen LogP contribution in [0.5, 0.6) is 0 Å². The van der Waals surface area contributed by atoms with E-state index in [1.807, 2.05) is 0 Å². The summed E-state index contributed by atoms with van der Waals surface area (Å²) in [6, 6.07) is 11.2. The average molecular weight is 473 g/mol. The Morgan fingerprint density at radius 1 is 1.10 bits per heavy atom. The van der Waals surface area contributed by atoms with Crippen LogP contribution < -0.4 is 9.62 Å². The fourth-order valence-electron chi connectivity index (χ4n) is 2.64. The van der Waals surface area contributed by atoms with E-state index in [9.17, 15) is 18.0 Å². The molecule has 0 heterocycles. The molecule has 2 aromatic carbocycles. The van der Waals surface area contributed by atoms with Gasteiger partial charge in [-0.15, -0.1) is 0 Å². The molecule has 1 amide bonds. The van der Waals surface area contributed by atoms with Gasteiger partial charge in [0.25, 0.3) is 5.91 Å². The summed E-state index contributed by atoms with van der Waals surface area (Å²) in [4.78, 5) is 23.3. The number of nitrogens with zero attached hydrogens (tertiary/aromatic N) is 1. The van der Waals surface area contributed by atoms with Crippen LogP contribution in [0.4, 0.5) is 5.69 Å². The predicted octanol–water partition coefficient (Wildman–Crippen LogP) is 3.64. The molecule has 0 aliphatic rings. The van der Waals surface area contributed by atoms with E-state index in [0.29, 0.717) is 34.8 Å². The van der Waals surface area contributed by atoms with Crippen LogP contribution in [-0.4, -0.2) is 40.2 Å². The molecule has 10 heteroatoms. The summed E-state index contributed by atoms with van der Waals surface area (Å²) < 4.78 is 30.4. The van der Waals surface area contributed by atoms with Gasteiger partial charge in [-0.2, -0.15) is 0 Å². The number of sulfonamides is 1. The van der Waals surface area contributed by atoms with Gasteiger partial charge in [-0.3, -0.25) is 13.9 Å². The first-order valence-electron chi connectivity index (χ1n) is 8.99. The van der Waals surface area contributed by atoms with Crippen molar-refractivity contribution < 1.29 is 22.7 Å². The molecule has 1 N–H and O–H groups in total. The zero-order chi connectivity index (χ0) is 22.3. The molecule has 2 aromatic rings. The number of esters is 1. The predicted molar refractivity (Wildman–Crippen MR) is 118 cm³/mol. The SMILES string of the molecule is COC(=O)CCCNC(=O)c1ccc(N(Cc2cccc(Cl)c2Cl)S(C)(=O)=O)cc1. The van der Waals surface area contributed by atoms with Crippen molar-refractivity contribution in [2.24, 2.45) is 0 Å². The van der Waals surface area contributed by atoms with Crippen LogP contribution in [0.2, 0.25) is 10.0 Å². The van der Waals surface area contributed by atoms with Crippen molar-refractivity contribution in [3.8, 4) is 0 Å². The Morgan fingerprint density at radius 3 is 2.37 bits per heavy atom. The zero-order valence-corrected chi connectivity index (χ0v) is 18.9. The van der Waals surface area contributed by atoms with Crippen LogP contribution in [-0.2, 0) is 26.1 Å². The van der Waals surface area contributed by atoms with Gasteiger partial charge in [0.15, 0.2) is 0 Å². The average Bonchev–Trinajstić information content (AvgIpc) is 2.71. The van der Waals surface area contributed by atoms with E-state index in [2.05, 4.69) is 10.1 Å². The van der Waals surface area contributed by atoms with Crippen molar-refractivity contribution in [2.45, 2.75) is 19.4 Å². The summed E-state index contributed by atoms with van der Waals surface area (Å²) >= 11 is 12.2. The van der Waals surface area contributed by atoms with Crippen LogP contribution in [0.1, 0.15) is 28.8 Å². The monoisotopic (exact) mass is 472 g/mol. The second-order valence-electron chi connectivity index (χ2n) is 6.47. The van der Waals surface area contributed by atoms with Gasteiger partial charge in [0.1, 0.15) is 0 Å². The second kappa shape index (κ2) is 10.7. The molecule has 0 aliphatic heterocycles. The van der Waals surface area contributed by atoms with Crippen molar-refractivity contribution in [3.63, 3.8) is 0 Å². The third-order valence-electron chi connectivity index (χ3n) is 4.23. The van der Waals surface area contributed by atoms with Crippen LogP contribution in [0.25, 0.3) is 0 Å². The molecular formula is C20H22Cl2N2O5S. The normalized spacial score (nSPS) is 11.1. The van der Waals surface area contributed by atoms with Crippen LogP contribution in [0, 0.1) is 0 Å². The first-order valence-corrected chi connectivity index (χ1v) is 11.6. The number of nitrogens with one attached hydrogen (secondary N) is 1. The first-order chi connectivity index (χ1) is 14.1. The minimum Gasteiger partial charge on any atom is -0.469 e. The summed E-state index contributed by atoms with van der Waals surface area (Å²) in [5, 5.41) is 3.32. The van der Waals surface area contributed by atoms with E-state index in [1.54, 1.807) is 30.3 Å². The van der Waals surface area contributed by atoms with Gasteiger partial charge in [0, 0.05) is 18.5 Å². The highest BCUT2D eigenvalue weighted by molar-refractivity contribution is 7.92. The number of amides is 1. The van der Waals surface area contributed by atoms with E-state index in [1.165, 1.54) is 23.5 Å². The first kappa shape index (κ1) is 24.0. The molecule has 0 unspecified atom stereocenters. The molecule has 30 heavy (non-hydrogen) atoms. The highest BCUT2D eigenvalue weighted by atomic mass is 35.5. The third kappa shape index (κ3) is 6.62. The standard InChI is InChI=1S/C20H22Cl2N2O5S/c1-29-18(25)7-4-12-23-20(26)14-8-10-16(11-9-14)24(30(2,27)28)13-15-5-3-6-17(21)19(15)22/h3,5-6,8-11H,4,7,12-13H2,1-2H3,(H,23,26). The lowest BCUT2D eigenvalue weighted by atomic mass is 10.1. The minimum atomic E-state index is -3.62. The fourth-order valence-corrected chi connectivity index (χ4v) is 3.90. The van der Waals surface area contributed by atoms with Gasteiger partial charge in [-0.25, -0.2) is 8.42 Å². The van der Waals surface area contributed by atoms with Gasteiger partial charge in [0.2, 0.25) is 10.0 Å². The quantitative estimate of drug-likeness (QED) is 0.444. The van der Waals surface area contributed by atoms with E-state index in [-0.39, 0.29) is 29.9 Å². The largest absolute Gasteiger partial charge is 0.469 e. The van der Waals surface area contributed by atoms with E-state index in [0.717, 1.165) is 6.26 Å². The summed E-state index contributed by atoms with van der Waals surface area (Å²) in [5.74, 6) is -0.663. The van der Waals surface area contributed by atoms with Crippen molar-refractivity contribution in [3.05, 3.63) is 63.6 Å². The van der Waals surface area contributed by atoms with Crippen molar-refractivity contribution >= 4 is 50.8 Å². The van der Waals surface area contributed by atoms with E-state index < -0.39 is 10.0 Å². The lowest BCUT2D eigenvalue weighted by molar-refractivity contribution is -0.140. The number of carbonyl (C=O) groups excluding carboxylic acids is 2. The summed E-state index contributed by atoms with van der Waals surface area (Å²) in [6.07, 6.45) is 1.76. The molecule has 0 spiro atoms. The molecule has 0 aliphatic carbocycles. The van der Waals surface area contributed by atoms with Gasteiger partial charge >= 0.3 is 5.97 Å². The molecule has 2 rings (SSSR count). The lowest BCUT2D eigenvalue weighted by Gasteiger charge is -2.23. The maximum atomic E-state index is 12.3. The van der Waals surface area contributed by atoms with Crippen LogP contribution in [0.15, 0.2) is 42.5 Å². The minimum absolute atomic E-state index is 0.00268. The second-order valence-corrected chi connectivity index (χ2v) is 9.16. The number of methoxy groups -OCH3 is 1. The van der Waals surface area contributed by atoms with Gasteiger partial charge in [-0.05, 0) is 42.3 Å². The molecule has 0 aromatic heterocycles. The van der Waals surface area contributed by atoms with Crippen LogP contribution in [0.3, 0.4) is 0 Å². The smallest absolute Gasteiger partial charge is 0.305 e. The topological polar surface area (TPSA) is 92.8 Å². The Morgan fingerprint density at radius 2 is 1.77 bits per heavy atom. The van der Waals surface area contributed by atoms with Gasteiger partial charge in [-0.1, -0.05) is 35.3 Å². The number of ether oxygens (including phenoxy) is 1. The highest BCUT2D eigenvalue weighted by Gasteiger charge is 2.20. The molecule has 0 bridgehead atoms. The zero-order valence-electron chi connectivity index (χ0n) is 16.5. The van der Waals surface area contributed by atoms with Crippen LogP contribution >= 0.6 is 23.2 Å². The Kier molecular flexibility index (Phi) is 8.52. The van der Waals surface area contributed by atoms with E-state index >= 15 is 0 Å². The Hall–Kier alpha value is -2.29. The number of carbonyl (C=O) groups is 2. The maximum absolute atomic E-state index is 12.3. The molecule has 0 atom stereocenters. The summed E-state index contributed by atoms with van der Waals surface area (Å²) in [6.45, 7) is 0.315. The molecular weight excluding hydrogens is 451 g/mol. The number of hydrogen-bond acceptors (Lipinski definition) is 5. The fraction of sp³-hybridized carbons (Fsp3) is 0.300. The number of halogens is 2. The van der Waals surface area contributed by atoms with Crippen molar-refractivity contribution in [2.75, 3.05) is 24.2 Å². The van der Waals surface area contributed by atoms with E-state index in [4.69, 9.17) is 23.2 Å². The Balaban J connectivity index is 2.11. The van der Waals surface area contributed by atoms with Crippen molar-refractivity contribution in [1.82, 2.24) is 5.32 Å².